The van der Waals surface area contributed by atoms with Crippen molar-refractivity contribution in [1.29, 1.82) is 0 Å². The number of nitrogens with one attached hydrogen (secondary N) is 1. The van der Waals surface area contributed by atoms with Crippen molar-refractivity contribution in [3.63, 3.8) is 0 Å². The first kappa shape index (κ1) is 21.5. The molecule has 0 aliphatic heterocycles. The number of carbonyl (C=O) groups is 2. The molecule has 7 heteroatoms. The number of urea groups is 1. The van der Waals surface area contributed by atoms with E-state index in [-0.39, 0.29) is 18.4 Å². The fourth-order valence-electron chi connectivity index (χ4n) is 3.09. The van der Waals surface area contributed by atoms with Crippen LogP contribution in [0.5, 0.6) is 0 Å². The molecule has 2 amide bonds. The van der Waals surface area contributed by atoms with Crippen LogP contribution in [0, 0.1) is 13.8 Å². The number of benzene rings is 1. The molecule has 0 aliphatic rings. The summed E-state index contributed by atoms with van der Waals surface area (Å²) < 4.78 is 6.93. The number of rotatable bonds is 8. The quantitative estimate of drug-likeness (QED) is 0.706. The lowest BCUT2D eigenvalue weighted by atomic mass is 10.1. The topological polar surface area (TPSA) is 76.5 Å². The van der Waals surface area contributed by atoms with Crippen molar-refractivity contribution in [2.75, 3.05) is 25.5 Å². The number of hydrogen-bond donors (Lipinski definition) is 1. The van der Waals surface area contributed by atoms with Crippen LogP contribution >= 0.6 is 0 Å². The Bertz CT molecular complexity index is 812. The van der Waals surface area contributed by atoms with Crippen LogP contribution < -0.4 is 5.32 Å². The molecule has 0 radical (unpaired) electrons. The van der Waals surface area contributed by atoms with Gasteiger partial charge in [-0.2, -0.15) is 5.10 Å². The molecule has 2 aromatic rings. The van der Waals surface area contributed by atoms with Crippen molar-refractivity contribution >= 4 is 17.7 Å². The van der Waals surface area contributed by atoms with Gasteiger partial charge in [-0.1, -0.05) is 12.1 Å². The van der Waals surface area contributed by atoms with Crippen LogP contribution in [-0.2, 0) is 28.9 Å². The highest BCUT2D eigenvalue weighted by atomic mass is 16.5. The van der Waals surface area contributed by atoms with Crippen molar-refractivity contribution < 1.29 is 14.3 Å². The van der Waals surface area contributed by atoms with E-state index in [1.165, 1.54) is 5.56 Å². The van der Waals surface area contributed by atoms with E-state index < -0.39 is 0 Å². The fourth-order valence-corrected chi connectivity index (χ4v) is 3.09. The number of hydrogen-bond acceptors (Lipinski definition) is 4. The fraction of sp³-hybridized carbons (Fsp3) is 0.476. The van der Waals surface area contributed by atoms with Crippen LogP contribution in [0.25, 0.3) is 0 Å². The zero-order chi connectivity index (χ0) is 20.7. The SMILES string of the molecule is CCOC(=O)Cc1ccc(NC(=O)N(C)CCc2c(C)nn(CC)c2C)cc1. The lowest BCUT2D eigenvalue weighted by Gasteiger charge is -2.18. The Labute approximate surface area is 166 Å². The lowest BCUT2D eigenvalue weighted by Crippen LogP contribution is -2.33. The standard InChI is InChI=1S/C21H30N4O3/c1-6-25-16(4)19(15(3)23-25)12-13-24(5)21(27)22-18-10-8-17(9-11-18)14-20(26)28-7-2/h8-11H,6-7,12-14H2,1-5H3,(H,22,27). The first-order chi connectivity index (χ1) is 13.3. The van der Waals surface area contributed by atoms with E-state index in [1.807, 2.05) is 23.7 Å². The van der Waals surface area contributed by atoms with Gasteiger partial charge in [0.25, 0.3) is 0 Å². The molecule has 152 valence electrons. The number of nitrogens with zero attached hydrogens (tertiary/aromatic N) is 3. The van der Waals surface area contributed by atoms with E-state index in [4.69, 9.17) is 4.74 Å². The highest BCUT2D eigenvalue weighted by Crippen LogP contribution is 2.15. The minimum absolute atomic E-state index is 0.170. The van der Waals surface area contributed by atoms with Crippen molar-refractivity contribution in [2.24, 2.45) is 0 Å². The summed E-state index contributed by atoms with van der Waals surface area (Å²) in [5.74, 6) is -0.254. The molecule has 0 saturated carbocycles. The Hall–Kier alpha value is -2.83. The normalized spacial score (nSPS) is 10.6. The third kappa shape index (κ3) is 5.58. The second-order valence-corrected chi connectivity index (χ2v) is 6.75. The molecule has 0 atom stereocenters. The minimum atomic E-state index is -0.254. The molecule has 0 fully saturated rings. The average Bonchev–Trinajstić information content (AvgIpc) is 2.94. The monoisotopic (exact) mass is 386 g/mol. The smallest absolute Gasteiger partial charge is 0.321 e. The molecule has 1 heterocycles. The van der Waals surface area contributed by atoms with Gasteiger partial charge in [-0.25, -0.2) is 4.79 Å². The second-order valence-electron chi connectivity index (χ2n) is 6.75. The number of anilines is 1. The van der Waals surface area contributed by atoms with Gasteiger partial charge in [-0.15, -0.1) is 0 Å². The summed E-state index contributed by atoms with van der Waals surface area (Å²) in [7, 11) is 1.78. The van der Waals surface area contributed by atoms with E-state index in [0.717, 1.165) is 29.9 Å². The number of esters is 1. The van der Waals surface area contributed by atoms with Crippen molar-refractivity contribution in [1.82, 2.24) is 14.7 Å². The molecule has 1 aromatic carbocycles. The van der Waals surface area contributed by atoms with E-state index in [1.54, 1.807) is 31.0 Å². The van der Waals surface area contributed by atoms with Crippen molar-refractivity contribution in [2.45, 2.75) is 47.1 Å². The molecule has 2 rings (SSSR count). The Morgan fingerprint density at radius 2 is 1.86 bits per heavy atom. The number of likely N-dealkylation sites (N-methyl/N-ethyl adjacent to an activating group) is 1. The Balaban J connectivity index is 1.88. The maximum atomic E-state index is 12.4. The largest absolute Gasteiger partial charge is 0.466 e. The van der Waals surface area contributed by atoms with Crippen LogP contribution in [0.1, 0.15) is 36.4 Å². The van der Waals surface area contributed by atoms with Crippen LogP contribution in [0.3, 0.4) is 0 Å². The zero-order valence-electron chi connectivity index (χ0n) is 17.4. The summed E-state index contributed by atoms with van der Waals surface area (Å²) in [6.45, 7) is 9.74. The Kier molecular flexibility index (Phi) is 7.61. The molecule has 0 aliphatic carbocycles. The first-order valence-electron chi connectivity index (χ1n) is 9.65. The maximum absolute atomic E-state index is 12.4. The molecule has 1 aromatic heterocycles. The second kappa shape index (κ2) is 9.92. The van der Waals surface area contributed by atoms with Gasteiger partial charge in [0.2, 0.25) is 0 Å². The molecule has 0 spiro atoms. The van der Waals surface area contributed by atoms with Gasteiger partial charge >= 0.3 is 12.0 Å². The summed E-state index contributed by atoms with van der Waals surface area (Å²) in [4.78, 5) is 25.6. The minimum Gasteiger partial charge on any atom is -0.466 e. The van der Waals surface area contributed by atoms with Gasteiger partial charge in [-0.05, 0) is 57.4 Å². The lowest BCUT2D eigenvalue weighted by molar-refractivity contribution is -0.142. The molecule has 28 heavy (non-hydrogen) atoms. The summed E-state index contributed by atoms with van der Waals surface area (Å²) >= 11 is 0. The number of aromatic nitrogens is 2. The molecular weight excluding hydrogens is 356 g/mol. The highest BCUT2D eigenvalue weighted by Gasteiger charge is 2.14. The van der Waals surface area contributed by atoms with Crippen LogP contribution in [0.15, 0.2) is 24.3 Å². The maximum Gasteiger partial charge on any atom is 0.321 e. The third-order valence-electron chi connectivity index (χ3n) is 4.73. The van der Waals surface area contributed by atoms with Gasteiger partial charge in [0.1, 0.15) is 0 Å². The summed E-state index contributed by atoms with van der Waals surface area (Å²) in [5.41, 5.74) is 4.92. The molecule has 0 unspecified atom stereocenters. The van der Waals surface area contributed by atoms with E-state index in [9.17, 15) is 9.59 Å². The average molecular weight is 386 g/mol. The summed E-state index contributed by atoms with van der Waals surface area (Å²) in [5, 5.41) is 7.40. The van der Waals surface area contributed by atoms with Gasteiger partial charge in [-0.3, -0.25) is 9.48 Å². The Morgan fingerprint density at radius 3 is 2.43 bits per heavy atom. The van der Waals surface area contributed by atoms with Crippen molar-refractivity contribution in [3.05, 3.63) is 46.8 Å². The van der Waals surface area contributed by atoms with Crippen LogP contribution in [-0.4, -0.2) is 46.9 Å². The van der Waals surface area contributed by atoms with Crippen LogP contribution in [0.2, 0.25) is 0 Å². The van der Waals surface area contributed by atoms with E-state index >= 15 is 0 Å². The first-order valence-corrected chi connectivity index (χ1v) is 9.65. The number of ether oxygens (including phenoxy) is 1. The number of carbonyl (C=O) groups excluding carboxylic acids is 2. The summed E-state index contributed by atoms with van der Waals surface area (Å²) in [6, 6.07) is 7.05. The summed E-state index contributed by atoms with van der Waals surface area (Å²) in [6.07, 6.45) is 0.992. The molecule has 1 N–H and O–H groups in total. The molecular formula is C21H30N4O3. The molecule has 0 bridgehead atoms. The van der Waals surface area contributed by atoms with E-state index in [0.29, 0.717) is 18.8 Å². The number of aryl methyl sites for hydroxylation is 2. The Morgan fingerprint density at radius 1 is 1.18 bits per heavy atom. The highest BCUT2D eigenvalue weighted by molar-refractivity contribution is 5.89. The predicted molar refractivity (Wildman–Crippen MR) is 110 cm³/mol. The van der Waals surface area contributed by atoms with Gasteiger partial charge in [0.05, 0.1) is 18.7 Å². The van der Waals surface area contributed by atoms with Crippen molar-refractivity contribution in [3.8, 4) is 0 Å². The predicted octanol–water partition coefficient (Wildman–Crippen LogP) is 3.33. The zero-order valence-corrected chi connectivity index (χ0v) is 17.4. The molecule has 0 saturated heterocycles. The third-order valence-corrected chi connectivity index (χ3v) is 4.73. The van der Waals surface area contributed by atoms with Gasteiger partial charge < -0.3 is 15.0 Å². The number of amides is 2. The molecule has 7 nitrogen and oxygen atoms in total. The van der Waals surface area contributed by atoms with E-state index in [2.05, 4.69) is 24.3 Å². The van der Waals surface area contributed by atoms with Gasteiger partial charge in [0.15, 0.2) is 0 Å². The van der Waals surface area contributed by atoms with Crippen LogP contribution in [0.4, 0.5) is 10.5 Å². The van der Waals surface area contributed by atoms with Gasteiger partial charge in [0, 0.05) is 31.5 Å².